The summed E-state index contributed by atoms with van der Waals surface area (Å²) in [4.78, 5) is 11.7. The van der Waals surface area contributed by atoms with Crippen molar-refractivity contribution in [3.8, 4) is 5.75 Å². The van der Waals surface area contributed by atoms with Gasteiger partial charge in [0.05, 0.1) is 19.1 Å². The number of nitrogens with two attached hydrogens (primary N) is 1. The van der Waals surface area contributed by atoms with Crippen LogP contribution in [0.5, 0.6) is 5.75 Å². The van der Waals surface area contributed by atoms with Crippen LogP contribution < -0.4 is 15.8 Å². The molecular formula is C15H22N2O3. The number of hydrogen-bond donors (Lipinski definition) is 3. The monoisotopic (exact) mass is 278 g/mol. The van der Waals surface area contributed by atoms with Crippen LogP contribution in [0.15, 0.2) is 24.3 Å². The largest absolute Gasteiger partial charge is 0.493 e. The van der Waals surface area contributed by atoms with Crippen LogP contribution in [-0.2, 0) is 4.79 Å². The molecule has 0 bridgehead atoms. The summed E-state index contributed by atoms with van der Waals surface area (Å²) in [6, 6.07) is 7.10. The predicted molar refractivity (Wildman–Crippen MR) is 77.3 cm³/mol. The van der Waals surface area contributed by atoms with Crippen molar-refractivity contribution >= 4 is 11.6 Å². The van der Waals surface area contributed by atoms with Gasteiger partial charge in [0.25, 0.3) is 0 Å². The summed E-state index contributed by atoms with van der Waals surface area (Å²) in [7, 11) is 0. The molecular weight excluding hydrogens is 256 g/mol. The van der Waals surface area contributed by atoms with E-state index in [1.807, 2.05) is 0 Å². The Labute approximate surface area is 119 Å². The van der Waals surface area contributed by atoms with E-state index < -0.39 is 0 Å². The molecule has 1 aliphatic rings. The van der Waals surface area contributed by atoms with Gasteiger partial charge in [0, 0.05) is 12.2 Å². The second kappa shape index (κ2) is 7.14. The molecule has 1 aromatic carbocycles. The topological polar surface area (TPSA) is 84.6 Å². The van der Waals surface area contributed by atoms with Crippen LogP contribution in [-0.4, -0.2) is 30.3 Å². The zero-order valence-electron chi connectivity index (χ0n) is 11.5. The second-order valence-electron chi connectivity index (χ2n) is 5.30. The average Bonchev–Trinajstić information content (AvgIpc) is 2.85. The van der Waals surface area contributed by atoms with Gasteiger partial charge in [-0.1, -0.05) is 0 Å². The fraction of sp³-hybridized carbons (Fsp3) is 0.533. The van der Waals surface area contributed by atoms with Gasteiger partial charge in [-0.2, -0.15) is 0 Å². The van der Waals surface area contributed by atoms with Crippen molar-refractivity contribution in [1.29, 1.82) is 0 Å². The lowest BCUT2D eigenvalue weighted by Crippen LogP contribution is -2.29. The number of anilines is 1. The van der Waals surface area contributed by atoms with Crippen molar-refractivity contribution < 1.29 is 14.6 Å². The van der Waals surface area contributed by atoms with E-state index in [4.69, 9.17) is 10.5 Å². The number of benzene rings is 1. The quantitative estimate of drug-likeness (QED) is 0.685. The number of aliphatic hydroxyl groups excluding tert-OH is 1. The van der Waals surface area contributed by atoms with Gasteiger partial charge in [-0.15, -0.1) is 0 Å². The van der Waals surface area contributed by atoms with E-state index in [9.17, 15) is 9.90 Å². The summed E-state index contributed by atoms with van der Waals surface area (Å²) in [5.74, 6) is 1.11. The Bertz CT molecular complexity index is 433. The van der Waals surface area contributed by atoms with Crippen LogP contribution in [0, 0.1) is 5.92 Å². The molecule has 2 rings (SSSR count). The van der Waals surface area contributed by atoms with Crippen LogP contribution in [0.3, 0.4) is 0 Å². The van der Waals surface area contributed by atoms with E-state index in [1.54, 1.807) is 24.3 Å². The molecule has 4 N–H and O–H groups in total. The molecule has 5 nitrogen and oxygen atoms in total. The molecule has 1 fully saturated rings. The van der Waals surface area contributed by atoms with Gasteiger partial charge in [-0.05, 0) is 49.4 Å². The number of amides is 1. The lowest BCUT2D eigenvalue weighted by Gasteiger charge is -2.11. The molecule has 0 spiro atoms. The summed E-state index contributed by atoms with van der Waals surface area (Å²) < 4.78 is 5.46. The van der Waals surface area contributed by atoms with Crippen molar-refractivity contribution in [2.45, 2.75) is 31.8 Å². The normalized spacial score (nSPS) is 21.6. The molecule has 1 amide bonds. The lowest BCUT2D eigenvalue weighted by molar-refractivity contribution is -0.121. The first-order valence-electron chi connectivity index (χ1n) is 7.06. The van der Waals surface area contributed by atoms with Crippen molar-refractivity contribution in [2.75, 3.05) is 18.9 Å². The van der Waals surface area contributed by atoms with Gasteiger partial charge in [0.1, 0.15) is 5.75 Å². The maximum atomic E-state index is 11.7. The number of aliphatic hydroxyl groups is 1. The maximum Gasteiger partial charge on any atom is 0.223 e. The molecule has 5 heteroatoms. The summed E-state index contributed by atoms with van der Waals surface area (Å²) in [5, 5.41) is 12.3. The fourth-order valence-electron chi connectivity index (χ4n) is 2.41. The number of carbonyl (C=O) groups excluding carboxylic acids is 1. The standard InChI is InChI=1S/C15H22N2O3/c16-12-2-5-14(6-3-12)20-8-7-15(19)17-10-11-1-4-13(18)9-11/h2-3,5-6,11,13,18H,1,4,7-10,16H2,(H,17,19). The van der Waals surface area contributed by atoms with Crippen LogP contribution >= 0.6 is 0 Å². The zero-order valence-corrected chi connectivity index (χ0v) is 11.5. The summed E-state index contributed by atoms with van der Waals surface area (Å²) >= 11 is 0. The van der Waals surface area contributed by atoms with Gasteiger partial charge in [0.2, 0.25) is 5.91 Å². The first kappa shape index (κ1) is 14.7. The Morgan fingerprint density at radius 1 is 1.35 bits per heavy atom. The molecule has 0 aliphatic heterocycles. The molecule has 0 saturated heterocycles. The van der Waals surface area contributed by atoms with Crippen LogP contribution in [0.25, 0.3) is 0 Å². The van der Waals surface area contributed by atoms with E-state index in [-0.39, 0.29) is 12.0 Å². The highest BCUT2D eigenvalue weighted by molar-refractivity contribution is 5.75. The van der Waals surface area contributed by atoms with E-state index in [2.05, 4.69) is 5.32 Å². The number of nitrogen functional groups attached to an aromatic ring is 1. The molecule has 110 valence electrons. The molecule has 2 atom stereocenters. The highest BCUT2D eigenvalue weighted by Gasteiger charge is 2.22. The molecule has 0 aromatic heterocycles. The SMILES string of the molecule is Nc1ccc(OCCC(=O)NCC2CCC(O)C2)cc1. The number of carbonyl (C=O) groups is 1. The smallest absolute Gasteiger partial charge is 0.223 e. The minimum absolute atomic E-state index is 0.0122. The van der Waals surface area contributed by atoms with E-state index in [0.29, 0.717) is 36.9 Å². The van der Waals surface area contributed by atoms with Gasteiger partial charge in [-0.25, -0.2) is 0 Å². The third kappa shape index (κ3) is 4.74. The van der Waals surface area contributed by atoms with E-state index >= 15 is 0 Å². The first-order valence-corrected chi connectivity index (χ1v) is 7.06. The minimum atomic E-state index is -0.189. The maximum absolute atomic E-state index is 11.7. The Morgan fingerprint density at radius 2 is 2.10 bits per heavy atom. The molecule has 20 heavy (non-hydrogen) atoms. The number of ether oxygens (including phenoxy) is 1. The van der Waals surface area contributed by atoms with Crippen molar-refractivity contribution in [3.63, 3.8) is 0 Å². The molecule has 1 aromatic rings. The second-order valence-corrected chi connectivity index (χ2v) is 5.30. The van der Waals surface area contributed by atoms with Crippen molar-refractivity contribution in [3.05, 3.63) is 24.3 Å². The molecule has 1 aliphatic carbocycles. The summed E-state index contributed by atoms with van der Waals surface area (Å²) in [6.45, 7) is 1.00. The van der Waals surface area contributed by atoms with E-state index in [0.717, 1.165) is 19.3 Å². The third-order valence-corrected chi connectivity index (χ3v) is 3.58. The highest BCUT2D eigenvalue weighted by Crippen LogP contribution is 2.24. The average molecular weight is 278 g/mol. The molecule has 0 radical (unpaired) electrons. The van der Waals surface area contributed by atoms with Crippen LogP contribution in [0.4, 0.5) is 5.69 Å². The number of hydrogen-bond acceptors (Lipinski definition) is 4. The third-order valence-electron chi connectivity index (χ3n) is 3.58. The first-order chi connectivity index (χ1) is 9.63. The van der Waals surface area contributed by atoms with Gasteiger partial charge in [0.15, 0.2) is 0 Å². The summed E-state index contributed by atoms with van der Waals surface area (Å²) in [6.07, 6.45) is 2.78. The minimum Gasteiger partial charge on any atom is -0.493 e. The Balaban J connectivity index is 1.59. The molecule has 0 heterocycles. The van der Waals surface area contributed by atoms with Crippen LogP contribution in [0.1, 0.15) is 25.7 Å². The number of nitrogens with one attached hydrogen (secondary N) is 1. The predicted octanol–water partition coefficient (Wildman–Crippen LogP) is 1.31. The van der Waals surface area contributed by atoms with Gasteiger partial charge in [-0.3, -0.25) is 4.79 Å². The highest BCUT2D eigenvalue weighted by atomic mass is 16.5. The Kier molecular flexibility index (Phi) is 5.24. The van der Waals surface area contributed by atoms with Crippen molar-refractivity contribution in [2.24, 2.45) is 5.92 Å². The molecule has 1 saturated carbocycles. The number of rotatable bonds is 6. The Morgan fingerprint density at radius 3 is 2.75 bits per heavy atom. The van der Waals surface area contributed by atoms with E-state index in [1.165, 1.54) is 0 Å². The van der Waals surface area contributed by atoms with Gasteiger partial charge >= 0.3 is 0 Å². The van der Waals surface area contributed by atoms with Gasteiger partial charge < -0.3 is 20.9 Å². The summed E-state index contributed by atoms with van der Waals surface area (Å²) in [5.41, 5.74) is 6.26. The fourth-order valence-corrected chi connectivity index (χ4v) is 2.41. The van der Waals surface area contributed by atoms with Crippen molar-refractivity contribution in [1.82, 2.24) is 5.32 Å². The zero-order chi connectivity index (χ0) is 14.4. The molecule has 2 unspecified atom stereocenters. The van der Waals surface area contributed by atoms with Crippen LogP contribution in [0.2, 0.25) is 0 Å². The lowest BCUT2D eigenvalue weighted by atomic mass is 10.1. The Hall–Kier alpha value is -1.75.